The Morgan fingerprint density at radius 2 is 2.04 bits per heavy atom. The molecule has 0 saturated carbocycles. The van der Waals surface area contributed by atoms with Crippen LogP contribution >= 0.6 is 11.8 Å². The number of hydrogen-bond donors (Lipinski definition) is 2. The Bertz CT molecular complexity index is 1100. The molecule has 0 spiro atoms. The molecule has 7 heteroatoms. The number of aryl methyl sites for hydroxylation is 1. The summed E-state index contributed by atoms with van der Waals surface area (Å²) in [5.74, 6) is 1.73. The highest BCUT2D eigenvalue weighted by molar-refractivity contribution is 7.99. The summed E-state index contributed by atoms with van der Waals surface area (Å²) in [5, 5.41) is 0.889. The molecule has 0 radical (unpaired) electrons. The van der Waals surface area contributed by atoms with E-state index in [1.54, 1.807) is 16.3 Å². The van der Waals surface area contributed by atoms with Gasteiger partial charge in [-0.2, -0.15) is 0 Å². The van der Waals surface area contributed by atoms with E-state index in [1.165, 1.54) is 0 Å². The molecule has 2 N–H and O–H groups in total. The number of H-pyrrole nitrogens is 2. The SMILES string of the molecule is CCOc1ccc2nc(SCCCn3c(=O)[nH]c4ccccc43)[nH]c2c1. The van der Waals surface area contributed by atoms with Crippen molar-refractivity contribution >= 4 is 33.8 Å². The molecule has 0 unspecified atom stereocenters. The highest BCUT2D eigenvalue weighted by Gasteiger charge is 2.07. The van der Waals surface area contributed by atoms with Gasteiger partial charge in [-0.3, -0.25) is 4.57 Å². The Hall–Kier alpha value is -2.67. The summed E-state index contributed by atoms with van der Waals surface area (Å²) in [6, 6.07) is 13.6. The third-order valence-electron chi connectivity index (χ3n) is 4.19. The van der Waals surface area contributed by atoms with E-state index >= 15 is 0 Å². The smallest absolute Gasteiger partial charge is 0.326 e. The number of thioether (sulfide) groups is 1. The predicted octanol–water partition coefficient (Wildman–Crippen LogP) is 3.79. The Kier molecular flexibility index (Phi) is 4.71. The monoisotopic (exact) mass is 368 g/mol. The second-order valence-corrected chi connectivity index (χ2v) is 7.04. The molecule has 0 aliphatic rings. The molecule has 0 aliphatic heterocycles. The van der Waals surface area contributed by atoms with Crippen LogP contribution in [0.3, 0.4) is 0 Å². The van der Waals surface area contributed by atoms with Gasteiger partial charge in [0, 0.05) is 18.4 Å². The molecular formula is C19H20N4O2S. The molecule has 0 saturated heterocycles. The van der Waals surface area contributed by atoms with Crippen LogP contribution in [-0.2, 0) is 6.54 Å². The van der Waals surface area contributed by atoms with Crippen LogP contribution in [0.2, 0.25) is 0 Å². The molecule has 0 amide bonds. The molecule has 4 rings (SSSR count). The lowest BCUT2D eigenvalue weighted by molar-refractivity contribution is 0.340. The van der Waals surface area contributed by atoms with Gasteiger partial charge >= 0.3 is 5.69 Å². The van der Waals surface area contributed by atoms with Gasteiger partial charge in [-0.25, -0.2) is 9.78 Å². The molecule has 2 aromatic heterocycles. The lowest BCUT2D eigenvalue weighted by Gasteiger charge is -2.02. The maximum atomic E-state index is 12.1. The van der Waals surface area contributed by atoms with Crippen molar-refractivity contribution in [3.05, 3.63) is 52.9 Å². The Morgan fingerprint density at radius 3 is 2.92 bits per heavy atom. The van der Waals surface area contributed by atoms with Crippen LogP contribution in [0.25, 0.3) is 22.1 Å². The zero-order chi connectivity index (χ0) is 17.9. The highest BCUT2D eigenvalue weighted by atomic mass is 32.2. The van der Waals surface area contributed by atoms with Crippen LogP contribution in [0.4, 0.5) is 0 Å². The fourth-order valence-electron chi connectivity index (χ4n) is 3.01. The number of nitrogens with one attached hydrogen (secondary N) is 2. The minimum absolute atomic E-state index is 0.0524. The second-order valence-electron chi connectivity index (χ2n) is 5.95. The summed E-state index contributed by atoms with van der Waals surface area (Å²) in [7, 11) is 0. The van der Waals surface area contributed by atoms with Crippen molar-refractivity contribution in [3.8, 4) is 5.75 Å². The molecule has 0 fully saturated rings. The first-order valence-corrected chi connectivity index (χ1v) is 9.66. The van der Waals surface area contributed by atoms with Crippen LogP contribution in [0.5, 0.6) is 5.75 Å². The molecule has 0 aliphatic carbocycles. The van der Waals surface area contributed by atoms with Crippen LogP contribution in [0.1, 0.15) is 13.3 Å². The third-order valence-corrected chi connectivity index (χ3v) is 5.15. The van der Waals surface area contributed by atoms with E-state index in [0.29, 0.717) is 13.2 Å². The lowest BCUT2D eigenvalue weighted by atomic mass is 10.3. The number of aromatic nitrogens is 4. The Labute approximate surface area is 154 Å². The largest absolute Gasteiger partial charge is 0.494 e. The molecule has 134 valence electrons. The van der Waals surface area contributed by atoms with Crippen molar-refractivity contribution in [3.63, 3.8) is 0 Å². The van der Waals surface area contributed by atoms with Crippen molar-refractivity contribution in [2.45, 2.75) is 25.0 Å². The van der Waals surface area contributed by atoms with Gasteiger partial charge in [-0.15, -0.1) is 0 Å². The van der Waals surface area contributed by atoms with E-state index in [1.807, 2.05) is 49.4 Å². The first kappa shape index (κ1) is 16.8. The standard InChI is InChI=1S/C19H20N4O2S/c1-2-25-13-8-9-14-16(12-13)21-18(20-14)26-11-5-10-23-17-7-4-3-6-15(17)22-19(23)24/h3-4,6-9,12H,2,5,10-11H2,1H3,(H,20,21)(H,22,24). The van der Waals surface area contributed by atoms with Crippen molar-refractivity contribution in [2.75, 3.05) is 12.4 Å². The number of imidazole rings is 2. The maximum Gasteiger partial charge on any atom is 0.326 e. The molecular weight excluding hydrogens is 348 g/mol. The molecule has 2 aromatic carbocycles. The Balaban J connectivity index is 1.39. The van der Waals surface area contributed by atoms with Crippen LogP contribution in [0, 0.1) is 0 Å². The van der Waals surface area contributed by atoms with Crippen molar-refractivity contribution in [1.29, 1.82) is 0 Å². The van der Waals surface area contributed by atoms with E-state index in [9.17, 15) is 4.79 Å². The van der Waals surface area contributed by atoms with E-state index in [-0.39, 0.29) is 5.69 Å². The van der Waals surface area contributed by atoms with Gasteiger partial charge in [0.05, 0.1) is 28.7 Å². The van der Waals surface area contributed by atoms with Crippen LogP contribution < -0.4 is 10.4 Å². The van der Waals surface area contributed by atoms with E-state index in [2.05, 4.69) is 15.0 Å². The number of aromatic amines is 2. The minimum atomic E-state index is -0.0524. The van der Waals surface area contributed by atoms with Crippen molar-refractivity contribution < 1.29 is 4.74 Å². The van der Waals surface area contributed by atoms with Gasteiger partial charge in [0.1, 0.15) is 5.75 Å². The number of rotatable bonds is 7. The summed E-state index contributed by atoms with van der Waals surface area (Å²) < 4.78 is 7.31. The number of nitrogens with zero attached hydrogens (tertiary/aromatic N) is 2. The summed E-state index contributed by atoms with van der Waals surface area (Å²) in [4.78, 5) is 22.9. The summed E-state index contributed by atoms with van der Waals surface area (Å²) in [5.41, 5.74) is 3.70. The average Bonchev–Trinajstić information content (AvgIpc) is 3.18. The predicted molar refractivity (Wildman–Crippen MR) is 105 cm³/mol. The normalized spacial score (nSPS) is 11.4. The molecule has 6 nitrogen and oxygen atoms in total. The highest BCUT2D eigenvalue weighted by Crippen LogP contribution is 2.24. The summed E-state index contributed by atoms with van der Waals surface area (Å²) in [6.07, 6.45) is 0.883. The number of hydrogen-bond acceptors (Lipinski definition) is 4. The average molecular weight is 368 g/mol. The van der Waals surface area contributed by atoms with Crippen LogP contribution in [-0.4, -0.2) is 31.9 Å². The third kappa shape index (κ3) is 3.35. The van der Waals surface area contributed by atoms with Crippen molar-refractivity contribution in [1.82, 2.24) is 19.5 Å². The van der Waals surface area contributed by atoms with E-state index in [0.717, 1.165) is 45.1 Å². The quantitative estimate of drug-likeness (QED) is 0.384. The first-order valence-electron chi connectivity index (χ1n) is 8.67. The van der Waals surface area contributed by atoms with Gasteiger partial charge in [-0.1, -0.05) is 23.9 Å². The topological polar surface area (TPSA) is 75.7 Å². The van der Waals surface area contributed by atoms with Gasteiger partial charge in [0.2, 0.25) is 0 Å². The minimum Gasteiger partial charge on any atom is -0.494 e. The summed E-state index contributed by atoms with van der Waals surface area (Å²) in [6.45, 7) is 3.30. The zero-order valence-electron chi connectivity index (χ0n) is 14.5. The fourth-order valence-corrected chi connectivity index (χ4v) is 3.82. The number of benzene rings is 2. The van der Waals surface area contributed by atoms with E-state index in [4.69, 9.17) is 4.74 Å². The van der Waals surface area contributed by atoms with Crippen molar-refractivity contribution in [2.24, 2.45) is 0 Å². The van der Waals surface area contributed by atoms with Crippen LogP contribution in [0.15, 0.2) is 52.4 Å². The first-order chi connectivity index (χ1) is 12.7. The van der Waals surface area contributed by atoms with Gasteiger partial charge < -0.3 is 14.7 Å². The molecule has 26 heavy (non-hydrogen) atoms. The number of ether oxygens (including phenoxy) is 1. The van der Waals surface area contributed by atoms with Gasteiger partial charge in [0.25, 0.3) is 0 Å². The number of fused-ring (bicyclic) bond motifs is 2. The summed E-state index contributed by atoms with van der Waals surface area (Å²) >= 11 is 1.67. The van der Waals surface area contributed by atoms with Gasteiger partial charge in [-0.05, 0) is 37.6 Å². The zero-order valence-corrected chi connectivity index (χ0v) is 15.3. The Morgan fingerprint density at radius 1 is 1.15 bits per heavy atom. The van der Waals surface area contributed by atoms with Gasteiger partial charge in [0.15, 0.2) is 5.16 Å². The maximum absolute atomic E-state index is 12.1. The second kappa shape index (κ2) is 7.29. The lowest BCUT2D eigenvalue weighted by Crippen LogP contribution is -2.17. The molecule has 0 atom stereocenters. The number of para-hydroxylation sites is 2. The fraction of sp³-hybridized carbons (Fsp3) is 0.263. The molecule has 4 aromatic rings. The molecule has 2 heterocycles. The molecule has 0 bridgehead atoms. The van der Waals surface area contributed by atoms with E-state index < -0.39 is 0 Å².